The Kier molecular flexibility index (Phi) is 3.59. The lowest BCUT2D eigenvalue weighted by Gasteiger charge is -2.16. The molecule has 0 aliphatic heterocycles. The first-order valence-corrected chi connectivity index (χ1v) is 6.80. The third-order valence-electron chi connectivity index (χ3n) is 3.23. The van der Waals surface area contributed by atoms with Crippen molar-refractivity contribution in [3.63, 3.8) is 0 Å². The molecule has 1 aliphatic carbocycles. The van der Waals surface area contributed by atoms with E-state index in [9.17, 15) is 9.59 Å². The summed E-state index contributed by atoms with van der Waals surface area (Å²) in [6.45, 7) is 0.320. The van der Waals surface area contributed by atoms with Gasteiger partial charge in [0.1, 0.15) is 12.4 Å². The quantitative estimate of drug-likeness (QED) is 0.864. The van der Waals surface area contributed by atoms with Crippen LogP contribution in [-0.4, -0.2) is 11.6 Å². The van der Waals surface area contributed by atoms with Crippen molar-refractivity contribution in [1.82, 2.24) is 0 Å². The van der Waals surface area contributed by atoms with Crippen LogP contribution in [0, 0.1) is 0 Å². The van der Waals surface area contributed by atoms with E-state index in [4.69, 9.17) is 16.3 Å². The molecule has 1 aliphatic rings. The van der Waals surface area contributed by atoms with Gasteiger partial charge < -0.3 is 4.74 Å². The van der Waals surface area contributed by atoms with Gasteiger partial charge in [-0.15, -0.1) is 0 Å². The molecule has 0 radical (unpaired) electrons. The number of benzene rings is 2. The number of allylic oxidation sites excluding steroid dienone is 2. The molecule has 0 spiro atoms. The molecule has 0 saturated carbocycles. The third kappa shape index (κ3) is 2.60. The van der Waals surface area contributed by atoms with E-state index in [1.54, 1.807) is 12.1 Å². The largest absolute Gasteiger partial charge is 0.488 e. The number of ketones is 2. The van der Waals surface area contributed by atoms with Crippen LogP contribution < -0.4 is 4.74 Å². The second-order valence-corrected chi connectivity index (χ2v) is 5.04. The van der Waals surface area contributed by atoms with Gasteiger partial charge in [0.05, 0.1) is 16.1 Å². The predicted octanol–water partition coefficient (Wildman–Crippen LogP) is 3.85. The molecule has 3 rings (SSSR count). The van der Waals surface area contributed by atoms with Crippen LogP contribution in [0.5, 0.6) is 5.75 Å². The lowest BCUT2D eigenvalue weighted by Crippen LogP contribution is -2.14. The van der Waals surface area contributed by atoms with E-state index < -0.39 is 0 Å². The Morgan fingerprint density at radius 1 is 0.857 bits per heavy atom. The van der Waals surface area contributed by atoms with Gasteiger partial charge in [-0.2, -0.15) is 0 Å². The molecule has 2 aromatic rings. The van der Waals surface area contributed by atoms with E-state index in [0.717, 1.165) is 5.56 Å². The molecule has 0 atom stereocenters. The number of fused-ring (bicyclic) bond motifs is 1. The minimum Gasteiger partial charge on any atom is -0.488 e. The summed E-state index contributed by atoms with van der Waals surface area (Å²) < 4.78 is 5.70. The second-order valence-electron chi connectivity index (χ2n) is 4.63. The van der Waals surface area contributed by atoms with Crippen molar-refractivity contribution in [1.29, 1.82) is 0 Å². The highest BCUT2D eigenvalue weighted by molar-refractivity contribution is 6.37. The zero-order valence-corrected chi connectivity index (χ0v) is 11.8. The average Bonchev–Trinajstić information content (AvgIpc) is 2.51. The topological polar surface area (TPSA) is 43.4 Å². The smallest absolute Gasteiger partial charge is 0.190 e. The minimum atomic E-state index is -0.278. The van der Waals surface area contributed by atoms with Crippen molar-refractivity contribution in [2.75, 3.05) is 0 Å². The van der Waals surface area contributed by atoms with Gasteiger partial charge in [0.15, 0.2) is 11.6 Å². The number of ether oxygens (including phenoxy) is 1. The van der Waals surface area contributed by atoms with E-state index in [1.807, 2.05) is 30.3 Å². The molecule has 0 aromatic heterocycles. The van der Waals surface area contributed by atoms with Crippen LogP contribution in [0.3, 0.4) is 0 Å². The number of hydrogen-bond donors (Lipinski definition) is 0. The molecular weight excluding hydrogens is 288 g/mol. The SMILES string of the molecule is O=C1C=CC(=O)c2c(OCc3ccccc3)ccc(Cl)c21. The van der Waals surface area contributed by atoms with Gasteiger partial charge in [0.2, 0.25) is 0 Å². The Morgan fingerprint density at radius 2 is 1.52 bits per heavy atom. The van der Waals surface area contributed by atoms with Crippen LogP contribution in [0.2, 0.25) is 5.02 Å². The normalized spacial score (nSPS) is 13.2. The van der Waals surface area contributed by atoms with Gasteiger partial charge >= 0.3 is 0 Å². The molecule has 0 unspecified atom stereocenters. The van der Waals surface area contributed by atoms with Crippen LogP contribution in [0.15, 0.2) is 54.6 Å². The van der Waals surface area contributed by atoms with E-state index in [-0.39, 0.29) is 27.7 Å². The Labute approximate surface area is 126 Å². The Morgan fingerprint density at radius 3 is 2.24 bits per heavy atom. The lowest BCUT2D eigenvalue weighted by molar-refractivity contribution is 0.0990. The fraction of sp³-hybridized carbons (Fsp3) is 0.0588. The molecule has 0 heterocycles. The van der Waals surface area contributed by atoms with Gasteiger partial charge in [-0.3, -0.25) is 9.59 Å². The van der Waals surface area contributed by atoms with Crippen LogP contribution in [-0.2, 0) is 6.61 Å². The number of hydrogen-bond acceptors (Lipinski definition) is 3. The fourth-order valence-corrected chi connectivity index (χ4v) is 2.47. The maximum atomic E-state index is 12.0. The summed E-state index contributed by atoms with van der Waals surface area (Å²) in [6, 6.07) is 12.8. The molecule has 0 saturated heterocycles. The van der Waals surface area contributed by atoms with Gasteiger partial charge in [-0.05, 0) is 29.8 Å². The Hall–Kier alpha value is -2.39. The summed E-state index contributed by atoms with van der Waals surface area (Å²) in [5.41, 5.74) is 1.44. The Balaban J connectivity index is 1.96. The molecule has 0 N–H and O–H groups in total. The van der Waals surface area contributed by atoms with E-state index in [0.29, 0.717) is 12.4 Å². The fourth-order valence-electron chi connectivity index (χ4n) is 2.22. The van der Waals surface area contributed by atoms with Crippen LogP contribution in [0.25, 0.3) is 0 Å². The number of halogens is 1. The van der Waals surface area contributed by atoms with Gasteiger partial charge in [0, 0.05) is 0 Å². The first-order chi connectivity index (χ1) is 10.2. The molecule has 4 heteroatoms. The van der Waals surface area contributed by atoms with Crippen molar-refractivity contribution < 1.29 is 14.3 Å². The third-order valence-corrected chi connectivity index (χ3v) is 3.55. The predicted molar refractivity (Wildman–Crippen MR) is 80.0 cm³/mol. The van der Waals surface area contributed by atoms with Crippen LogP contribution in [0.4, 0.5) is 0 Å². The van der Waals surface area contributed by atoms with Crippen molar-refractivity contribution in [2.24, 2.45) is 0 Å². The summed E-state index contributed by atoms with van der Waals surface area (Å²) in [7, 11) is 0. The standard InChI is InChI=1S/C17H11ClO3/c18-12-6-9-15(21-10-11-4-2-1-3-5-11)17-14(20)8-7-13(19)16(12)17/h1-9H,10H2. The zero-order valence-electron chi connectivity index (χ0n) is 11.0. The molecule has 2 aromatic carbocycles. The molecule has 104 valence electrons. The van der Waals surface area contributed by atoms with Crippen LogP contribution >= 0.6 is 11.6 Å². The van der Waals surface area contributed by atoms with Gasteiger partial charge in [-0.25, -0.2) is 0 Å². The number of carbonyl (C=O) groups excluding carboxylic acids is 2. The molecule has 0 fully saturated rings. The van der Waals surface area contributed by atoms with Crippen molar-refractivity contribution in [3.8, 4) is 5.75 Å². The second kappa shape index (κ2) is 5.54. The van der Waals surface area contributed by atoms with E-state index >= 15 is 0 Å². The molecule has 0 amide bonds. The molecule has 3 nitrogen and oxygen atoms in total. The summed E-state index contributed by atoms with van der Waals surface area (Å²) in [6.07, 6.45) is 2.48. The summed E-state index contributed by atoms with van der Waals surface area (Å²) >= 11 is 6.03. The maximum Gasteiger partial charge on any atom is 0.190 e. The average molecular weight is 299 g/mol. The zero-order chi connectivity index (χ0) is 14.8. The van der Waals surface area contributed by atoms with Crippen LogP contribution in [0.1, 0.15) is 26.3 Å². The first kappa shape index (κ1) is 13.6. The van der Waals surface area contributed by atoms with Crippen molar-refractivity contribution in [3.05, 3.63) is 76.3 Å². The summed E-state index contributed by atoms with van der Waals surface area (Å²) in [4.78, 5) is 23.9. The van der Waals surface area contributed by atoms with Gasteiger partial charge in [0.25, 0.3) is 0 Å². The number of rotatable bonds is 3. The summed E-state index contributed by atoms with van der Waals surface area (Å²) in [5.74, 6) is -0.170. The minimum absolute atomic E-state index is 0.217. The highest BCUT2D eigenvalue weighted by atomic mass is 35.5. The van der Waals surface area contributed by atoms with Crippen molar-refractivity contribution in [2.45, 2.75) is 6.61 Å². The van der Waals surface area contributed by atoms with Crippen molar-refractivity contribution >= 4 is 23.2 Å². The lowest BCUT2D eigenvalue weighted by atomic mass is 9.94. The highest BCUT2D eigenvalue weighted by Crippen LogP contribution is 2.32. The van der Waals surface area contributed by atoms with E-state index in [1.165, 1.54) is 12.2 Å². The molecule has 0 bridgehead atoms. The molecular formula is C17H11ClO3. The Bertz CT molecular complexity index is 748. The van der Waals surface area contributed by atoms with Gasteiger partial charge in [-0.1, -0.05) is 41.9 Å². The molecule has 21 heavy (non-hydrogen) atoms. The summed E-state index contributed by atoms with van der Waals surface area (Å²) in [5, 5.41) is 0.264. The monoisotopic (exact) mass is 298 g/mol. The first-order valence-electron chi connectivity index (χ1n) is 6.43. The maximum absolute atomic E-state index is 12.0. The number of carbonyl (C=O) groups is 2. The highest BCUT2D eigenvalue weighted by Gasteiger charge is 2.26. The van der Waals surface area contributed by atoms with E-state index in [2.05, 4.69) is 0 Å².